The molecule has 100 valence electrons. The van der Waals surface area contributed by atoms with Crippen LogP contribution in [0.25, 0.3) is 0 Å². The third-order valence-corrected chi connectivity index (χ3v) is 4.43. The number of alkyl halides is 3. The fraction of sp³-hybridized carbons (Fsp3) is 0.889. The Morgan fingerprint density at radius 2 is 2.00 bits per heavy atom. The lowest BCUT2D eigenvalue weighted by Gasteiger charge is -2.39. The second-order valence-electron chi connectivity index (χ2n) is 4.07. The molecular weight excluding hydrogens is 255 g/mol. The zero-order chi connectivity index (χ0) is 13.1. The van der Waals surface area contributed by atoms with E-state index in [9.17, 15) is 13.2 Å². The minimum Gasteiger partial charge on any atom is -0.409 e. The second-order valence-corrected chi connectivity index (χ2v) is 5.26. The van der Waals surface area contributed by atoms with E-state index in [1.165, 1.54) is 16.7 Å². The highest BCUT2D eigenvalue weighted by Gasteiger charge is 2.40. The maximum absolute atomic E-state index is 12.2. The molecule has 8 heteroatoms. The molecule has 1 aliphatic rings. The number of thioether (sulfide) groups is 1. The first-order valence-corrected chi connectivity index (χ1v) is 6.38. The molecule has 0 aromatic rings. The van der Waals surface area contributed by atoms with Gasteiger partial charge in [0.2, 0.25) is 0 Å². The topological polar surface area (TPSA) is 61.9 Å². The molecule has 0 radical (unpaired) electrons. The SMILES string of the molecule is CSC1(C(N)=NO)CCN(CC(F)(F)F)CC1. The maximum Gasteiger partial charge on any atom is 0.401 e. The van der Waals surface area contributed by atoms with Gasteiger partial charge in [0.05, 0.1) is 11.3 Å². The summed E-state index contributed by atoms with van der Waals surface area (Å²) in [4.78, 5) is 1.35. The van der Waals surface area contributed by atoms with Crippen molar-refractivity contribution in [1.29, 1.82) is 0 Å². The van der Waals surface area contributed by atoms with E-state index >= 15 is 0 Å². The smallest absolute Gasteiger partial charge is 0.401 e. The van der Waals surface area contributed by atoms with Crippen LogP contribution in [0.4, 0.5) is 13.2 Å². The second kappa shape index (κ2) is 5.34. The zero-order valence-corrected chi connectivity index (χ0v) is 10.3. The Labute approximate surface area is 102 Å². The van der Waals surface area contributed by atoms with Gasteiger partial charge < -0.3 is 10.9 Å². The molecule has 1 fully saturated rings. The molecule has 1 heterocycles. The average molecular weight is 271 g/mol. The molecule has 0 aromatic heterocycles. The van der Waals surface area contributed by atoms with Crippen molar-refractivity contribution in [2.24, 2.45) is 10.9 Å². The lowest BCUT2D eigenvalue weighted by atomic mass is 9.94. The minimum atomic E-state index is -4.17. The van der Waals surface area contributed by atoms with E-state index in [1.807, 2.05) is 6.26 Å². The molecule has 17 heavy (non-hydrogen) atoms. The predicted octanol–water partition coefficient (Wildman–Crippen LogP) is 1.49. The molecule has 0 bridgehead atoms. The summed E-state index contributed by atoms with van der Waals surface area (Å²) < 4.78 is 36.1. The van der Waals surface area contributed by atoms with Crippen LogP contribution < -0.4 is 5.73 Å². The van der Waals surface area contributed by atoms with Crippen LogP contribution in [0.3, 0.4) is 0 Å². The molecule has 0 aliphatic carbocycles. The van der Waals surface area contributed by atoms with E-state index in [0.29, 0.717) is 25.9 Å². The van der Waals surface area contributed by atoms with Crippen LogP contribution in [-0.2, 0) is 0 Å². The van der Waals surface area contributed by atoms with Crippen LogP contribution in [0, 0.1) is 0 Å². The van der Waals surface area contributed by atoms with Crippen molar-refractivity contribution in [1.82, 2.24) is 4.90 Å². The van der Waals surface area contributed by atoms with Crippen LogP contribution in [0.15, 0.2) is 5.16 Å². The van der Waals surface area contributed by atoms with Gasteiger partial charge in [-0.1, -0.05) is 5.16 Å². The van der Waals surface area contributed by atoms with E-state index in [0.717, 1.165) is 0 Å². The largest absolute Gasteiger partial charge is 0.409 e. The van der Waals surface area contributed by atoms with Crippen LogP contribution >= 0.6 is 11.8 Å². The molecule has 3 N–H and O–H groups in total. The highest BCUT2D eigenvalue weighted by molar-refractivity contribution is 8.00. The van der Waals surface area contributed by atoms with Gasteiger partial charge >= 0.3 is 6.18 Å². The van der Waals surface area contributed by atoms with Gasteiger partial charge in [0.1, 0.15) is 0 Å². The summed E-state index contributed by atoms with van der Waals surface area (Å²) in [6, 6.07) is 0. The van der Waals surface area contributed by atoms with Gasteiger partial charge in [0.25, 0.3) is 0 Å². The summed E-state index contributed by atoms with van der Waals surface area (Å²) in [6.45, 7) is -0.291. The molecule has 1 rings (SSSR count). The fourth-order valence-electron chi connectivity index (χ4n) is 1.98. The van der Waals surface area contributed by atoms with Gasteiger partial charge in [-0.15, -0.1) is 0 Å². The molecule has 0 amide bonds. The van der Waals surface area contributed by atoms with Crippen molar-refractivity contribution >= 4 is 17.6 Å². The molecule has 0 atom stereocenters. The quantitative estimate of drug-likeness (QED) is 0.353. The summed E-state index contributed by atoms with van der Waals surface area (Å²) in [5.74, 6) is 0.0941. The van der Waals surface area contributed by atoms with Crippen molar-refractivity contribution in [2.75, 3.05) is 25.9 Å². The van der Waals surface area contributed by atoms with Crippen molar-refractivity contribution in [3.63, 3.8) is 0 Å². The first-order valence-electron chi connectivity index (χ1n) is 5.15. The maximum atomic E-state index is 12.2. The number of nitrogens with two attached hydrogens (primary N) is 1. The highest BCUT2D eigenvalue weighted by Crippen LogP contribution is 2.35. The highest BCUT2D eigenvalue weighted by atomic mass is 32.2. The summed E-state index contributed by atoms with van der Waals surface area (Å²) in [6.07, 6.45) is -1.44. The minimum absolute atomic E-state index is 0.0941. The standard InChI is InChI=1S/C9H16F3N3OS/c1-17-8(7(13)14-16)2-4-15(5-3-8)6-9(10,11)12/h16H,2-6H2,1H3,(H2,13,14). The van der Waals surface area contributed by atoms with Crippen LogP contribution in [0.2, 0.25) is 0 Å². The Kier molecular flexibility index (Phi) is 4.54. The number of hydrogen-bond acceptors (Lipinski definition) is 4. The number of amidine groups is 1. The lowest BCUT2D eigenvalue weighted by molar-refractivity contribution is -0.147. The van der Waals surface area contributed by atoms with Crippen molar-refractivity contribution in [3.05, 3.63) is 0 Å². The van der Waals surface area contributed by atoms with Crippen molar-refractivity contribution in [2.45, 2.75) is 23.8 Å². The van der Waals surface area contributed by atoms with Gasteiger partial charge in [-0.25, -0.2) is 0 Å². The van der Waals surface area contributed by atoms with Crippen LogP contribution in [0.1, 0.15) is 12.8 Å². The van der Waals surface area contributed by atoms with Gasteiger partial charge in [-0.3, -0.25) is 4.90 Å². The summed E-state index contributed by atoms with van der Waals surface area (Å²) in [5, 5.41) is 11.7. The Morgan fingerprint density at radius 3 is 2.35 bits per heavy atom. The van der Waals surface area contributed by atoms with E-state index < -0.39 is 17.5 Å². The van der Waals surface area contributed by atoms with Gasteiger partial charge in [-0.2, -0.15) is 24.9 Å². The average Bonchev–Trinajstić information content (AvgIpc) is 2.27. The Balaban J connectivity index is 2.60. The summed E-state index contributed by atoms with van der Waals surface area (Å²) in [5.41, 5.74) is 5.60. The molecule has 0 saturated carbocycles. The molecular formula is C9H16F3N3OS. The van der Waals surface area contributed by atoms with Crippen LogP contribution in [0.5, 0.6) is 0 Å². The zero-order valence-electron chi connectivity index (χ0n) is 9.50. The number of rotatable bonds is 3. The number of likely N-dealkylation sites (tertiary alicyclic amines) is 1. The first kappa shape index (κ1) is 14.4. The summed E-state index contributed by atoms with van der Waals surface area (Å²) >= 11 is 1.42. The van der Waals surface area contributed by atoms with Crippen molar-refractivity contribution < 1.29 is 18.4 Å². The Morgan fingerprint density at radius 1 is 1.47 bits per heavy atom. The van der Waals surface area contributed by atoms with Gasteiger partial charge in [0.15, 0.2) is 5.84 Å². The Hall–Kier alpha value is -0.630. The van der Waals surface area contributed by atoms with E-state index in [1.54, 1.807) is 0 Å². The number of oxime groups is 1. The normalized spacial score (nSPS) is 22.7. The molecule has 1 saturated heterocycles. The predicted molar refractivity (Wildman–Crippen MR) is 61.4 cm³/mol. The van der Waals surface area contributed by atoms with E-state index in [4.69, 9.17) is 10.9 Å². The number of hydrogen-bond donors (Lipinski definition) is 2. The molecule has 0 aromatic carbocycles. The first-order chi connectivity index (χ1) is 7.83. The summed E-state index contributed by atoms with van der Waals surface area (Å²) in [7, 11) is 0. The van der Waals surface area contributed by atoms with Crippen LogP contribution in [-0.4, -0.2) is 52.8 Å². The molecule has 4 nitrogen and oxygen atoms in total. The number of piperidine rings is 1. The fourth-order valence-corrected chi connectivity index (χ4v) is 2.82. The third-order valence-electron chi connectivity index (χ3n) is 3.03. The monoisotopic (exact) mass is 271 g/mol. The number of halogens is 3. The van der Waals surface area contributed by atoms with Gasteiger partial charge in [-0.05, 0) is 19.1 Å². The lowest BCUT2D eigenvalue weighted by Crippen LogP contribution is -2.51. The number of nitrogens with zero attached hydrogens (tertiary/aromatic N) is 2. The van der Waals surface area contributed by atoms with E-state index in [-0.39, 0.29) is 5.84 Å². The molecule has 0 unspecified atom stereocenters. The van der Waals surface area contributed by atoms with Crippen molar-refractivity contribution in [3.8, 4) is 0 Å². The van der Waals surface area contributed by atoms with Gasteiger partial charge in [0, 0.05) is 13.1 Å². The Bertz CT molecular complexity index is 288. The van der Waals surface area contributed by atoms with E-state index in [2.05, 4.69) is 5.16 Å². The third kappa shape index (κ3) is 3.67. The molecule has 1 aliphatic heterocycles. The molecule has 0 spiro atoms.